The van der Waals surface area contributed by atoms with E-state index in [0.717, 1.165) is 5.69 Å². The summed E-state index contributed by atoms with van der Waals surface area (Å²) in [4.78, 5) is 16.1. The topological polar surface area (TPSA) is 42.0 Å². The van der Waals surface area contributed by atoms with Crippen LogP contribution in [0.5, 0.6) is 0 Å². The Morgan fingerprint density at radius 3 is 2.29 bits per heavy atom. The van der Waals surface area contributed by atoms with E-state index in [4.69, 9.17) is 0 Å². The largest absolute Gasteiger partial charge is 0.322 e. The molecule has 1 saturated carbocycles. The summed E-state index contributed by atoms with van der Waals surface area (Å²) in [5, 5.41) is 2.88. The first kappa shape index (κ1) is 13.8. The van der Waals surface area contributed by atoms with E-state index in [1.165, 1.54) is 37.7 Å². The fourth-order valence-corrected chi connectivity index (χ4v) is 2.98. The molecule has 3 nitrogen and oxygen atoms in total. The van der Waals surface area contributed by atoms with Crippen LogP contribution < -0.4 is 5.32 Å². The maximum atomic E-state index is 12.2. The molecule has 0 saturated heterocycles. The van der Waals surface area contributed by atoms with Gasteiger partial charge in [0.15, 0.2) is 0 Å². The fraction of sp³-hybridized carbons (Fsp3) is 0.333. The van der Waals surface area contributed by atoms with Gasteiger partial charge in [-0.25, -0.2) is 0 Å². The molecular weight excluding hydrogens is 260 g/mol. The molecule has 21 heavy (non-hydrogen) atoms. The van der Waals surface area contributed by atoms with Gasteiger partial charge in [0.1, 0.15) is 0 Å². The van der Waals surface area contributed by atoms with Gasteiger partial charge in [-0.3, -0.25) is 9.78 Å². The number of benzene rings is 1. The second-order valence-electron chi connectivity index (χ2n) is 5.65. The smallest absolute Gasteiger partial charge is 0.255 e. The number of amides is 1. The minimum atomic E-state index is -0.0728. The van der Waals surface area contributed by atoms with E-state index in [-0.39, 0.29) is 5.91 Å². The molecule has 3 heteroatoms. The Bertz CT molecular complexity index is 586. The minimum absolute atomic E-state index is 0.0728. The number of nitrogens with zero attached hydrogens (tertiary/aromatic N) is 1. The lowest BCUT2D eigenvalue weighted by Crippen LogP contribution is -2.12. The standard InChI is InChI=1S/C18H20N2O/c21-18(20-17-10-12-19-13-11-17)16-8-6-15(7-9-16)14-4-2-1-3-5-14/h6-14H,1-5H2,(H,19,20,21). The third kappa shape index (κ3) is 3.48. The maximum Gasteiger partial charge on any atom is 0.255 e. The summed E-state index contributed by atoms with van der Waals surface area (Å²) >= 11 is 0. The summed E-state index contributed by atoms with van der Waals surface area (Å²) in [5.74, 6) is 0.604. The molecule has 3 rings (SSSR count). The first-order valence-electron chi connectivity index (χ1n) is 7.64. The zero-order valence-electron chi connectivity index (χ0n) is 12.1. The lowest BCUT2D eigenvalue weighted by atomic mass is 9.84. The minimum Gasteiger partial charge on any atom is -0.322 e. The van der Waals surface area contributed by atoms with Gasteiger partial charge >= 0.3 is 0 Å². The lowest BCUT2D eigenvalue weighted by molar-refractivity contribution is 0.102. The molecule has 1 aliphatic rings. The highest BCUT2D eigenvalue weighted by Gasteiger charge is 2.15. The Balaban J connectivity index is 1.67. The number of rotatable bonds is 3. The van der Waals surface area contributed by atoms with Gasteiger partial charge in [-0.2, -0.15) is 0 Å². The molecule has 1 N–H and O–H groups in total. The second kappa shape index (κ2) is 6.53. The Hall–Kier alpha value is -2.16. The molecule has 0 spiro atoms. The first-order valence-corrected chi connectivity index (χ1v) is 7.64. The molecule has 0 unspecified atom stereocenters. The SMILES string of the molecule is O=C(Nc1ccncc1)c1ccc(C2CCCCC2)cc1. The molecule has 0 aliphatic heterocycles. The van der Waals surface area contributed by atoms with E-state index in [1.807, 2.05) is 12.1 Å². The van der Waals surface area contributed by atoms with Crippen molar-refractivity contribution in [2.45, 2.75) is 38.0 Å². The van der Waals surface area contributed by atoms with Crippen molar-refractivity contribution in [2.75, 3.05) is 5.32 Å². The van der Waals surface area contributed by atoms with Crippen molar-refractivity contribution in [1.29, 1.82) is 0 Å². The van der Waals surface area contributed by atoms with Gasteiger partial charge in [0, 0.05) is 23.6 Å². The van der Waals surface area contributed by atoms with E-state index in [1.54, 1.807) is 24.5 Å². The van der Waals surface area contributed by atoms with Crippen molar-refractivity contribution in [3.05, 3.63) is 59.9 Å². The quantitative estimate of drug-likeness (QED) is 0.906. The number of carbonyl (C=O) groups excluding carboxylic acids is 1. The van der Waals surface area contributed by atoms with Crippen molar-refractivity contribution >= 4 is 11.6 Å². The molecule has 0 bridgehead atoms. The molecule has 2 aromatic rings. The van der Waals surface area contributed by atoms with Crippen molar-refractivity contribution < 1.29 is 4.79 Å². The predicted octanol–water partition coefficient (Wildman–Crippen LogP) is 4.38. The van der Waals surface area contributed by atoms with Crippen LogP contribution in [0.25, 0.3) is 0 Å². The highest BCUT2D eigenvalue weighted by Crippen LogP contribution is 2.32. The third-order valence-electron chi connectivity index (χ3n) is 4.19. The van der Waals surface area contributed by atoms with Crippen LogP contribution in [0.4, 0.5) is 5.69 Å². The van der Waals surface area contributed by atoms with Crippen LogP contribution in [-0.4, -0.2) is 10.9 Å². The molecular formula is C18H20N2O. The summed E-state index contributed by atoms with van der Waals surface area (Å²) in [6, 6.07) is 11.7. The average Bonchev–Trinajstić information content (AvgIpc) is 2.57. The molecule has 1 amide bonds. The summed E-state index contributed by atoms with van der Waals surface area (Å²) in [6.07, 6.45) is 9.92. The summed E-state index contributed by atoms with van der Waals surface area (Å²) in [6.45, 7) is 0. The van der Waals surface area contributed by atoms with Gasteiger partial charge in [0.25, 0.3) is 5.91 Å². The molecule has 1 fully saturated rings. The average molecular weight is 280 g/mol. The zero-order valence-corrected chi connectivity index (χ0v) is 12.1. The van der Waals surface area contributed by atoms with E-state index < -0.39 is 0 Å². The van der Waals surface area contributed by atoms with Crippen LogP contribution in [0.15, 0.2) is 48.8 Å². The Morgan fingerprint density at radius 1 is 0.952 bits per heavy atom. The van der Waals surface area contributed by atoms with Gasteiger partial charge in [0.05, 0.1) is 0 Å². The van der Waals surface area contributed by atoms with Crippen LogP contribution in [0.1, 0.15) is 53.9 Å². The number of nitrogens with one attached hydrogen (secondary N) is 1. The number of hydrogen-bond donors (Lipinski definition) is 1. The van der Waals surface area contributed by atoms with Gasteiger partial charge in [-0.15, -0.1) is 0 Å². The summed E-state index contributed by atoms with van der Waals surface area (Å²) < 4.78 is 0. The number of aromatic nitrogens is 1. The summed E-state index contributed by atoms with van der Waals surface area (Å²) in [7, 11) is 0. The highest BCUT2D eigenvalue weighted by atomic mass is 16.1. The van der Waals surface area contributed by atoms with Gasteiger partial charge in [0.2, 0.25) is 0 Å². The fourth-order valence-electron chi connectivity index (χ4n) is 2.98. The highest BCUT2D eigenvalue weighted by molar-refractivity contribution is 6.04. The van der Waals surface area contributed by atoms with E-state index in [2.05, 4.69) is 22.4 Å². The van der Waals surface area contributed by atoms with Crippen LogP contribution >= 0.6 is 0 Å². The van der Waals surface area contributed by atoms with Crippen molar-refractivity contribution in [2.24, 2.45) is 0 Å². The molecule has 1 aromatic heterocycles. The number of anilines is 1. The van der Waals surface area contributed by atoms with Crippen molar-refractivity contribution in [1.82, 2.24) is 4.98 Å². The van der Waals surface area contributed by atoms with Gasteiger partial charge in [-0.05, 0) is 48.6 Å². The molecule has 1 aromatic carbocycles. The van der Waals surface area contributed by atoms with Crippen molar-refractivity contribution in [3.8, 4) is 0 Å². The maximum absolute atomic E-state index is 12.2. The van der Waals surface area contributed by atoms with Crippen molar-refractivity contribution in [3.63, 3.8) is 0 Å². The van der Waals surface area contributed by atoms with Gasteiger partial charge in [-0.1, -0.05) is 31.4 Å². The second-order valence-corrected chi connectivity index (χ2v) is 5.65. The molecule has 1 aliphatic carbocycles. The molecule has 0 radical (unpaired) electrons. The monoisotopic (exact) mass is 280 g/mol. The number of pyridine rings is 1. The van der Waals surface area contributed by atoms with E-state index >= 15 is 0 Å². The lowest BCUT2D eigenvalue weighted by Gasteiger charge is -2.22. The van der Waals surface area contributed by atoms with Crippen LogP contribution in [0.2, 0.25) is 0 Å². The predicted molar refractivity (Wildman–Crippen MR) is 84.5 cm³/mol. The number of carbonyl (C=O) groups is 1. The molecule has 1 heterocycles. The first-order chi connectivity index (χ1) is 10.3. The Labute approximate surface area is 125 Å². The van der Waals surface area contributed by atoms with E-state index in [9.17, 15) is 4.79 Å². The zero-order chi connectivity index (χ0) is 14.5. The number of hydrogen-bond acceptors (Lipinski definition) is 2. The third-order valence-corrected chi connectivity index (χ3v) is 4.19. The van der Waals surface area contributed by atoms with E-state index in [0.29, 0.717) is 11.5 Å². The summed E-state index contributed by atoms with van der Waals surface area (Å²) in [5.41, 5.74) is 2.84. The molecule has 108 valence electrons. The normalized spacial score (nSPS) is 15.6. The van der Waals surface area contributed by atoms with Gasteiger partial charge < -0.3 is 5.32 Å². The Morgan fingerprint density at radius 2 is 1.62 bits per heavy atom. The van der Waals surface area contributed by atoms with Crippen LogP contribution in [0, 0.1) is 0 Å². The Kier molecular flexibility index (Phi) is 4.29. The molecule has 0 atom stereocenters. The van der Waals surface area contributed by atoms with Crippen LogP contribution in [0.3, 0.4) is 0 Å². The van der Waals surface area contributed by atoms with Crippen LogP contribution in [-0.2, 0) is 0 Å².